The van der Waals surface area contributed by atoms with E-state index in [9.17, 15) is 4.79 Å². The maximum absolute atomic E-state index is 12.1. The van der Waals surface area contributed by atoms with E-state index in [-0.39, 0.29) is 23.2 Å². The van der Waals surface area contributed by atoms with Gasteiger partial charge in [-0.25, -0.2) is 4.79 Å². The molecule has 1 N–H and O–H groups in total. The summed E-state index contributed by atoms with van der Waals surface area (Å²) < 4.78 is 5.63. The number of carbonyl (C=O) groups is 1. The summed E-state index contributed by atoms with van der Waals surface area (Å²) >= 11 is 0. The lowest BCUT2D eigenvalue weighted by atomic mass is 9.81. The van der Waals surface area contributed by atoms with Crippen LogP contribution in [0.15, 0.2) is 24.5 Å². The minimum Gasteiger partial charge on any atom is -0.459 e. The third kappa shape index (κ3) is 3.77. The highest BCUT2D eigenvalue weighted by atomic mass is 16.5. The number of carbonyl (C=O) groups excluding carboxylic acids is 1. The van der Waals surface area contributed by atoms with Gasteiger partial charge in [0.05, 0.1) is 5.56 Å². The molecular formula is C15H22N2O2. The molecule has 0 radical (unpaired) electrons. The van der Waals surface area contributed by atoms with Crippen molar-refractivity contribution in [2.75, 3.05) is 0 Å². The van der Waals surface area contributed by atoms with Gasteiger partial charge in [0, 0.05) is 36.3 Å². The molecule has 0 spiro atoms. The Morgan fingerprint density at radius 2 is 1.95 bits per heavy atom. The number of nitrogens with zero attached hydrogens (tertiary/aromatic N) is 1. The number of hydrogen-bond acceptors (Lipinski definition) is 4. The van der Waals surface area contributed by atoms with Gasteiger partial charge in [-0.1, -0.05) is 0 Å². The Morgan fingerprint density at radius 1 is 1.32 bits per heavy atom. The fourth-order valence-electron chi connectivity index (χ4n) is 3.01. The summed E-state index contributed by atoms with van der Waals surface area (Å²) in [6.45, 7) is 8.55. The van der Waals surface area contributed by atoms with E-state index >= 15 is 0 Å². The van der Waals surface area contributed by atoms with E-state index in [1.807, 2.05) is 0 Å². The summed E-state index contributed by atoms with van der Waals surface area (Å²) in [5.74, 6) is -0.286. The van der Waals surface area contributed by atoms with Gasteiger partial charge >= 0.3 is 5.97 Å². The number of hydrogen-bond donors (Lipinski definition) is 1. The number of rotatable bonds is 2. The van der Waals surface area contributed by atoms with Crippen molar-refractivity contribution in [2.24, 2.45) is 0 Å². The van der Waals surface area contributed by atoms with Crippen molar-refractivity contribution < 1.29 is 9.53 Å². The lowest BCUT2D eigenvalue weighted by Crippen LogP contribution is -2.59. The first-order chi connectivity index (χ1) is 8.77. The predicted octanol–water partition coefficient (Wildman–Crippen LogP) is 2.55. The van der Waals surface area contributed by atoms with Gasteiger partial charge in [0.25, 0.3) is 0 Å². The van der Waals surface area contributed by atoms with E-state index in [2.05, 4.69) is 38.0 Å². The second kappa shape index (κ2) is 4.93. The van der Waals surface area contributed by atoms with Crippen molar-refractivity contribution in [2.45, 2.75) is 57.7 Å². The maximum Gasteiger partial charge on any atom is 0.339 e. The molecule has 1 aliphatic rings. The Balaban J connectivity index is 2.05. The van der Waals surface area contributed by atoms with Crippen molar-refractivity contribution in [3.63, 3.8) is 0 Å². The maximum atomic E-state index is 12.1. The molecule has 1 aliphatic heterocycles. The minimum absolute atomic E-state index is 0.0262. The highest BCUT2D eigenvalue weighted by Gasteiger charge is 2.39. The molecule has 2 heterocycles. The second-order valence-corrected chi connectivity index (χ2v) is 6.57. The van der Waals surface area contributed by atoms with Crippen LogP contribution in [0.4, 0.5) is 0 Å². The molecule has 104 valence electrons. The zero-order chi connectivity index (χ0) is 14.1. The van der Waals surface area contributed by atoms with Gasteiger partial charge in [0.2, 0.25) is 0 Å². The normalized spacial score (nSPS) is 21.9. The monoisotopic (exact) mass is 262 g/mol. The van der Waals surface area contributed by atoms with Crippen molar-refractivity contribution >= 4 is 5.97 Å². The van der Waals surface area contributed by atoms with Crippen LogP contribution in [0.2, 0.25) is 0 Å². The van der Waals surface area contributed by atoms with Gasteiger partial charge in [0.1, 0.15) is 6.10 Å². The van der Waals surface area contributed by atoms with E-state index in [4.69, 9.17) is 4.74 Å². The summed E-state index contributed by atoms with van der Waals surface area (Å²) in [5.41, 5.74) is 0.458. The molecule has 0 atom stereocenters. The van der Waals surface area contributed by atoms with E-state index in [1.54, 1.807) is 24.5 Å². The number of esters is 1. The van der Waals surface area contributed by atoms with Gasteiger partial charge in [-0.05, 0) is 39.8 Å². The molecule has 0 amide bonds. The average molecular weight is 262 g/mol. The second-order valence-electron chi connectivity index (χ2n) is 6.57. The standard InChI is InChI=1S/C15H22N2O2/c1-14(2)8-12(9-15(3,4)17-14)19-13(18)11-6-5-7-16-10-11/h5-7,10,12,17H,8-9H2,1-4H3. The molecule has 1 fully saturated rings. The van der Waals surface area contributed by atoms with Crippen molar-refractivity contribution in [1.29, 1.82) is 0 Å². The van der Waals surface area contributed by atoms with Gasteiger partial charge in [-0.3, -0.25) is 4.98 Å². The van der Waals surface area contributed by atoms with Crippen LogP contribution in [-0.2, 0) is 4.74 Å². The van der Waals surface area contributed by atoms with Gasteiger partial charge in [0.15, 0.2) is 0 Å². The van der Waals surface area contributed by atoms with Crippen LogP contribution in [0, 0.1) is 0 Å². The van der Waals surface area contributed by atoms with E-state index in [0.29, 0.717) is 5.56 Å². The van der Waals surface area contributed by atoms with Gasteiger partial charge in [-0.15, -0.1) is 0 Å². The molecule has 1 aromatic rings. The van der Waals surface area contributed by atoms with Crippen molar-refractivity contribution in [3.05, 3.63) is 30.1 Å². The summed E-state index contributed by atoms with van der Waals surface area (Å²) in [4.78, 5) is 16.0. The molecule has 0 aliphatic carbocycles. The molecular weight excluding hydrogens is 240 g/mol. The van der Waals surface area contributed by atoms with Crippen LogP contribution in [0.25, 0.3) is 0 Å². The van der Waals surface area contributed by atoms with Crippen LogP contribution in [-0.4, -0.2) is 28.1 Å². The number of piperidine rings is 1. The summed E-state index contributed by atoms with van der Waals surface area (Å²) in [7, 11) is 0. The molecule has 4 nitrogen and oxygen atoms in total. The first-order valence-corrected chi connectivity index (χ1v) is 6.68. The molecule has 1 saturated heterocycles. The molecule has 4 heteroatoms. The van der Waals surface area contributed by atoms with Crippen LogP contribution in [0.3, 0.4) is 0 Å². The number of ether oxygens (including phenoxy) is 1. The molecule has 0 bridgehead atoms. The van der Waals surface area contributed by atoms with E-state index in [0.717, 1.165) is 12.8 Å². The molecule has 1 aromatic heterocycles. The minimum atomic E-state index is -0.286. The molecule has 19 heavy (non-hydrogen) atoms. The Kier molecular flexibility index (Phi) is 3.63. The van der Waals surface area contributed by atoms with E-state index in [1.165, 1.54) is 0 Å². The molecule has 2 rings (SSSR count). The Morgan fingerprint density at radius 3 is 2.47 bits per heavy atom. The Bertz CT molecular complexity index is 438. The zero-order valence-electron chi connectivity index (χ0n) is 12.1. The lowest BCUT2D eigenvalue weighted by molar-refractivity contribution is -0.00641. The van der Waals surface area contributed by atoms with Crippen molar-refractivity contribution in [3.8, 4) is 0 Å². The number of aromatic nitrogens is 1. The summed E-state index contributed by atoms with van der Waals surface area (Å²) in [5, 5.41) is 3.57. The molecule has 0 aromatic carbocycles. The topological polar surface area (TPSA) is 51.2 Å². The number of nitrogens with one attached hydrogen (secondary N) is 1. The fourth-order valence-corrected chi connectivity index (χ4v) is 3.01. The predicted molar refractivity (Wildman–Crippen MR) is 74.0 cm³/mol. The molecule has 0 unspecified atom stereocenters. The summed E-state index contributed by atoms with van der Waals surface area (Å²) in [6, 6.07) is 3.47. The van der Waals surface area contributed by atoms with Crippen LogP contribution in [0.5, 0.6) is 0 Å². The zero-order valence-corrected chi connectivity index (χ0v) is 12.1. The molecule has 0 saturated carbocycles. The quantitative estimate of drug-likeness (QED) is 0.832. The highest BCUT2D eigenvalue weighted by molar-refractivity contribution is 5.89. The Labute approximate surface area is 114 Å². The van der Waals surface area contributed by atoms with Gasteiger partial charge in [-0.2, -0.15) is 0 Å². The van der Waals surface area contributed by atoms with E-state index < -0.39 is 0 Å². The van der Waals surface area contributed by atoms with Crippen LogP contribution in [0.1, 0.15) is 50.9 Å². The lowest BCUT2D eigenvalue weighted by Gasteiger charge is -2.45. The average Bonchev–Trinajstić information content (AvgIpc) is 2.25. The first-order valence-electron chi connectivity index (χ1n) is 6.68. The SMILES string of the molecule is CC1(C)CC(OC(=O)c2cccnc2)CC(C)(C)N1. The van der Waals surface area contributed by atoms with Gasteiger partial charge < -0.3 is 10.1 Å². The van der Waals surface area contributed by atoms with Crippen molar-refractivity contribution in [1.82, 2.24) is 10.3 Å². The first kappa shape index (κ1) is 14.0. The number of pyridine rings is 1. The fraction of sp³-hybridized carbons (Fsp3) is 0.600. The smallest absolute Gasteiger partial charge is 0.339 e. The Hall–Kier alpha value is -1.42. The summed E-state index contributed by atoms with van der Waals surface area (Å²) in [6.07, 6.45) is 4.77. The highest BCUT2D eigenvalue weighted by Crippen LogP contribution is 2.30. The third-order valence-electron chi connectivity index (χ3n) is 3.32. The largest absolute Gasteiger partial charge is 0.459 e. The third-order valence-corrected chi connectivity index (χ3v) is 3.32. The van der Waals surface area contributed by atoms with Crippen LogP contribution < -0.4 is 5.32 Å². The van der Waals surface area contributed by atoms with Crippen LogP contribution >= 0.6 is 0 Å².